The lowest BCUT2D eigenvalue weighted by Crippen LogP contribution is -2.62. The Kier molecular flexibility index (Phi) is 35.0. The summed E-state index contributed by atoms with van der Waals surface area (Å²) in [7, 11) is 0. The Morgan fingerprint density at radius 1 is 0.397 bits per heavy atom. The maximum atomic E-state index is 14.2. The number of rotatable bonds is 42. The zero-order chi connectivity index (χ0) is 59.8. The topological polar surface area (TPSA) is 466 Å². The number of aliphatic carboxylic acids is 3. The number of primary amides is 1. The molecule has 0 radical (unpaired) electrons. The van der Waals surface area contributed by atoms with Crippen LogP contribution in [0, 0.1) is 23.7 Å². The number of hydrogen-bond donors (Lipinski definition) is 15. The van der Waals surface area contributed by atoms with E-state index in [1.54, 1.807) is 55.4 Å². The van der Waals surface area contributed by atoms with Gasteiger partial charge < -0.3 is 80.8 Å². The third kappa shape index (κ3) is 27.7. The van der Waals surface area contributed by atoms with Crippen LogP contribution >= 0.6 is 0 Å². The summed E-state index contributed by atoms with van der Waals surface area (Å²) < 4.78 is 0. The molecule has 0 aliphatic heterocycles. The summed E-state index contributed by atoms with van der Waals surface area (Å²) in [6.07, 6.45) is 0.193. The molecule has 0 saturated heterocycles. The van der Waals surface area contributed by atoms with Gasteiger partial charge in [0, 0.05) is 19.3 Å². The van der Waals surface area contributed by atoms with Crippen molar-refractivity contribution >= 4 is 71.1 Å². The molecule has 0 rings (SSSR count). The maximum absolute atomic E-state index is 14.2. The van der Waals surface area contributed by atoms with Gasteiger partial charge in [-0.2, -0.15) is 0 Å². The van der Waals surface area contributed by atoms with Crippen molar-refractivity contribution in [2.75, 3.05) is 13.1 Å². The quantitative estimate of drug-likeness (QED) is 0.0316. The minimum absolute atomic E-state index is 0.0411. The molecule has 0 aromatic carbocycles. The Morgan fingerprint density at radius 3 is 1.08 bits per heavy atom. The van der Waals surface area contributed by atoms with Crippen LogP contribution in [-0.2, 0) is 57.5 Å². The van der Waals surface area contributed by atoms with Crippen LogP contribution in [0.25, 0.3) is 0 Å². The molecule has 0 spiro atoms. The number of carboxylic acids is 3. The predicted octanol–water partition coefficient (Wildman–Crippen LogP) is -1.29. The van der Waals surface area contributed by atoms with E-state index in [9.17, 15) is 72.9 Å². The molecule has 19 N–H and O–H groups in total. The van der Waals surface area contributed by atoms with Crippen LogP contribution in [0.5, 0.6) is 0 Å². The second-order valence-corrected chi connectivity index (χ2v) is 20.4. The van der Waals surface area contributed by atoms with Gasteiger partial charge >= 0.3 is 17.9 Å². The molecule has 9 amide bonds. The standard InChI is InChI=1S/C51H92N12O15/c1-9-28(6)40(48(74)57-32(16-12-14-24-52)44(70)59-35(51(77)78)17-13-15-25-53)62-47(73)36(26-27(4)5)60-46(72)33(19-22-38(65)66)56-45(71)34(20-23-39(67)68)58-49(75)41(29(7)10-2)63-50(76)42(30(8)11-3)61-43(69)31(54)18-21-37(55)64/h27-36,40-42H,9-26,52-54H2,1-8H3,(H2,55,64)(H,56,71)(H,57,74)(H,58,75)(H,59,70)(H,60,72)(H,61,69)(H,62,73)(H,63,76)(H,65,66)(H,67,68)(H,77,78)/t28-,29-,30-,31-,32-,33-,34-,35-,36-,40-,41-,42-/m0/s1. The largest absolute Gasteiger partial charge is 0.481 e. The molecule has 0 saturated carbocycles. The number of nitrogens with one attached hydrogen (secondary N) is 8. The molecule has 0 heterocycles. The van der Waals surface area contributed by atoms with E-state index in [4.69, 9.17) is 22.9 Å². The molecule has 0 aliphatic carbocycles. The van der Waals surface area contributed by atoms with Crippen LogP contribution in [0.1, 0.15) is 158 Å². The lowest BCUT2D eigenvalue weighted by molar-refractivity contribution is -0.142. The van der Waals surface area contributed by atoms with E-state index in [0.717, 1.165) is 0 Å². The van der Waals surface area contributed by atoms with Gasteiger partial charge in [-0.15, -0.1) is 0 Å². The molecule has 0 bridgehead atoms. The highest BCUT2D eigenvalue weighted by atomic mass is 16.4. The van der Waals surface area contributed by atoms with Crippen LogP contribution in [0.15, 0.2) is 0 Å². The number of unbranched alkanes of at least 4 members (excludes halogenated alkanes) is 2. The van der Waals surface area contributed by atoms with E-state index in [1.165, 1.54) is 0 Å². The van der Waals surface area contributed by atoms with E-state index < -0.39 is 169 Å². The van der Waals surface area contributed by atoms with Gasteiger partial charge in [0.05, 0.1) is 6.04 Å². The lowest BCUT2D eigenvalue weighted by atomic mass is 9.94. The van der Waals surface area contributed by atoms with E-state index in [1.807, 2.05) is 0 Å². The minimum atomic E-state index is -1.70. The monoisotopic (exact) mass is 1110 g/mol. The zero-order valence-electron chi connectivity index (χ0n) is 46.8. The molecule has 27 heteroatoms. The van der Waals surface area contributed by atoms with Gasteiger partial charge in [-0.05, 0) is 101 Å². The van der Waals surface area contributed by atoms with Gasteiger partial charge in [-0.1, -0.05) is 74.7 Å². The lowest BCUT2D eigenvalue weighted by Gasteiger charge is -2.31. The second kappa shape index (κ2) is 38.1. The van der Waals surface area contributed by atoms with E-state index in [-0.39, 0.29) is 44.6 Å². The zero-order valence-corrected chi connectivity index (χ0v) is 46.8. The Morgan fingerprint density at radius 2 is 0.718 bits per heavy atom. The summed E-state index contributed by atoms with van der Waals surface area (Å²) in [5.74, 6) is -13.8. The number of nitrogens with two attached hydrogens (primary N) is 4. The van der Waals surface area contributed by atoms with Crippen molar-refractivity contribution < 1.29 is 72.9 Å². The Balaban J connectivity index is 6.89. The number of carbonyl (C=O) groups is 12. The van der Waals surface area contributed by atoms with Crippen LogP contribution in [0.4, 0.5) is 0 Å². The van der Waals surface area contributed by atoms with Gasteiger partial charge in [-0.3, -0.25) is 52.7 Å². The predicted molar refractivity (Wildman–Crippen MR) is 287 cm³/mol. The van der Waals surface area contributed by atoms with Crippen molar-refractivity contribution in [2.24, 2.45) is 46.6 Å². The van der Waals surface area contributed by atoms with Crippen molar-refractivity contribution in [1.82, 2.24) is 42.5 Å². The molecule has 12 atom stereocenters. The smallest absolute Gasteiger partial charge is 0.326 e. The van der Waals surface area contributed by atoms with Gasteiger partial charge in [-0.25, -0.2) is 4.79 Å². The summed E-state index contributed by atoms with van der Waals surface area (Å²) in [6.45, 7) is 14.2. The van der Waals surface area contributed by atoms with E-state index >= 15 is 0 Å². The summed E-state index contributed by atoms with van der Waals surface area (Å²) in [5, 5.41) is 49.5. The number of carboxylic acid groups (broad SMARTS) is 3. The first-order valence-electron chi connectivity index (χ1n) is 27.1. The number of carbonyl (C=O) groups excluding carboxylic acids is 9. The molecule has 0 aromatic heterocycles. The van der Waals surface area contributed by atoms with Crippen LogP contribution < -0.4 is 65.5 Å². The third-order valence-corrected chi connectivity index (χ3v) is 13.5. The van der Waals surface area contributed by atoms with Crippen molar-refractivity contribution in [3.05, 3.63) is 0 Å². The molecule has 446 valence electrons. The highest BCUT2D eigenvalue weighted by molar-refractivity contribution is 5.98. The molecular formula is C51H92N12O15. The SMILES string of the molecule is CC[C@H](C)[C@H](NC(=O)[C@H](CC(C)C)NC(=O)[C@H](CCC(=O)O)NC(=O)[C@H](CCC(=O)O)NC(=O)[C@@H](NC(=O)[C@@H](NC(=O)[C@@H](N)CCC(N)=O)[C@@H](C)CC)[C@@H](C)CC)C(=O)N[C@@H](CCCCN)C(=O)N[C@@H](CCCCN)C(=O)O. The van der Waals surface area contributed by atoms with Gasteiger partial charge in [0.2, 0.25) is 53.2 Å². The second-order valence-electron chi connectivity index (χ2n) is 20.4. The summed E-state index contributed by atoms with van der Waals surface area (Å²) in [5.41, 5.74) is 22.4. The Hall–Kier alpha value is -6.48. The number of hydrogen-bond acceptors (Lipinski definition) is 15. The van der Waals surface area contributed by atoms with Crippen LogP contribution in [0.2, 0.25) is 0 Å². The molecule has 78 heavy (non-hydrogen) atoms. The minimum Gasteiger partial charge on any atom is -0.481 e. The fourth-order valence-electron chi connectivity index (χ4n) is 7.92. The Labute approximate surface area is 457 Å². The fraction of sp³-hybridized carbons (Fsp3) is 0.765. The first-order chi connectivity index (χ1) is 36.6. The first-order valence-corrected chi connectivity index (χ1v) is 27.1. The average molecular weight is 1110 g/mol. The van der Waals surface area contributed by atoms with Crippen LogP contribution in [0.3, 0.4) is 0 Å². The molecule has 0 aromatic rings. The van der Waals surface area contributed by atoms with Crippen molar-refractivity contribution in [3.8, 4) is 0 Å². The summed E-state index contributed by atoms with van der Waals surface area (Å²) in [6, 6.07) is -12.4. The van der Waals surface area contributed by atoms with E-state index in [0.29, 0.717) is 51.5 Å². The average Bonchev–Trinajstić information content (AvgIpc) is 3.37. The van der Waals surface area contributed by atoms with Crippen LogP contribution in [-0.4, -0.2) is 154 Å². The highest BCUT2D eigenvalue weighted by Crippen LogP contribution is 2.16. The van der Waals surface area contributed by atoms with Crippen molar-refractivity contribution in [3.63, 3.8) is 0 Å². The molecular weight excluding hydrogens is 1020 g/mol. The molecule has 0 fully saturated rings. The normalized spacial score (nSPS) is 15.8. The Bertz CT molecular complexity index is 1990. The van der Waals surface area contributed by atoms with Crippen molar-refractivity contribution in [1.29, 1.82) is 0 Å². The molecule has 0 aliphatic rings. The van der Waals surface area contributed by atoms with Gasteiger partial charge in [0.25, 0.3) is 0 Å². The highest BCUT2D eigenvalue weighted by Gasteiger charge is 2.38. The summed E-state index contributed by atoms with van der Waals surface area (Å²) in [4.78, 5) is 158. The third-order valence-electron chi connectivity index (χ3n) is 13.5. The molecule has 27 nitrogen and oxygen atoms in total. The van der Waals surface area contributed by atoms with Crippen molar-refractivity contribution in [2.45, 2.75) is 212 Å². The first kappa shape index (κ1) is 71.5. The maximum Gasteiger partial charge on any atom is 0.326 e. The number of amides is 9. The van der Waals surface area contributed by atoms with E-state index in [2.05, 4.69) is 42.5 Å². The summed E-state index contributed by atoms with van der Waals surface area (Å²) >= 11 is 0. The van der Waals surface area contributed by atoms with Gasteiger partial charge in [0.15, 0.2) is 0 Å². The molecule has 0 unspecified atom stereocenters. The van der Waals surface area contributed by atoms with Gasteiger partial charge in [0.1, 0.15) is 48.3 Å². The fourth-order valence-corrected chi connectivity index (χ4v) is 7.92.